The van der Waals surface area contributed by atoms with Crippen LogP contribution in [0.4, 0.5) is 0 Å². The maximum atomic E-state index is 6.66. The standard InChI is InChI=1S/C48H28N2O2.2C42H26N2O/c1-7-19-37(49-39-21-9-3-17-35(39)45-41(49)27-25-33-31-15-5-11-23-43(31)51-47(33)45)29(13-1)30-14-2-8-20-38(30)50-40-22-10-4-18-36(40)46-42(50)28-26-34-32-16-6-12-24-44(32)52-48(34)46;1-7-19-35-27(13-1)28-14-2-8-20-36(28)43(35)37-21-9-3-15-29(37)30-16-4-10-22-38(30)44-39-23-11-5-17-31(39)33-25-34-32-18-6-12-24-41(32)45-42(34)26-40(33)44;1-7-19-35-27(13-1)28-14-2-8-20-36(28)43(35)37-21-9-3-15-29(37)30-16-4-10-22-38(30)44-39-23-11-5-17-31(39)33-25-26-34-32-18-6-12-24-40(32)45-42(34)41(33)44/h1-28H;2*1-26H. The number of benzene rings is 22. The van der Waals surface area contributed by atoms with Crippen LogP contribution < -0.4 is 0 Å². The Bertz CT molecular complexity index is 10600. The van der Waals surface area contributed by atoms with E-state index in [0.29, 0.717) is 0 Å². The number of furan rings is 4. The van der Waals surface area contributed by atoms with E-state index >= 15 is 0 Å². The molecule has 0 bridgehead atoms. The zero-order valence-corrected chi connectivity index (χ0v) is 76.5. The Hall–Kier alpha value is -19.2. The summed E-state index contributed by atoms with van der Waals surface area (Å²) in [5.41, 5.74) is 34.9. The normalized spacial score (nSPS) is 12.1. The maximum absolute atomic E-state index is 6.66. The quantitative estimate of drug-likeness (QED) is 0.144. The van der Waals surface area contributed by atoms with Gasteiger partial charge < -0.3 is 45.1 Å². The number of aromatic nitrogens is 6. The van der Waals surface area contributed by atoms with Gasteiger partial charge in [-0.2, -0.15) is 0 Å². The summed E-state index contributed by atoms with van der Waals surface area (Å²) in [7, 11) is 0. The Balaban J connectivity index is 0.000000100. The second-order valence-corrected chi connectivity index (χ2v) is 37.0. The van der Waals surface area contributed by atoms with E-state index in [4.69, 9.17) is 17.7 Å². The second-order valence-electron chi connectivity index (χ2n) is 37.0. The molecular formula is C132H80N6O4. The summed E-state index contributed by atoms with van der Waals surface area (Å²) in [6, 6.07) is 173. The van der Waals surface area contributed by atoms with Crippen molar-refractivity contribution in [1.29, 1.82) is 0 Å². The van der Waals surface area contributed by atoms with E-state index in [1.54, 1.807) is 0 Å². The molecule has 10 nitrogen and oxygen atoms in total. The molecule has 10 heterocycles. The minimum atomic E-state index is 0.899. The number of para-hydroxylation sites is 18. The third kappa shape index (κ3) is 11.7. The molecule has 0 radical (unpaired) electrons. The zero-order valence-electron chi connectivity index (χ0n) is 76.5. The van der Waals surface area contributed by atoms with Gasteiger partial charge in [-0.3, -0.25) is 0 Å². The summed E-state index contributed by atoms with van der Waals surface area (Å²) in [4.78, 5) is 0. The van der Waals surface area contributed by atoms with Gasteiger partial charge in [0, 0.05) is 136 Å². The third-order valence-corrected chi connectivity index (χ3v) is 29.6. The van der Waals surface area contributed by atoms with Gasteiger partial charge in [-0.1, -0.05) is 334 Å². The average molecular weight is 1810 g/mol. The van der Waals surface area contributed by atoms with Crippen LogP contribution in [0.25, 0.3) is 286 Å². The fraction of sp³-hybridized carbons (Fsp3) is 0. The van der Waals surface area contributed by atoms with Crippen molar-refractivity contribution in [2.45, 2.75) is 0 Å². The van der Waals surface area contributed by atoms with Crippen LogP contribution in [-0.2, 0) is 0 Å². The van der Waals surface area contributed by atoms with E-state index in [0.717, 1.165) is 188 Å². The predicted molar refractivity (Wildman–Crippen MR) is 591 cm³/mol. The molecule has 142 heavy (non-hydrogen) atoms. The van der Waals surface area contributed by atoms with Crippen molar-refractivity contribution < 1.29 is 17.7 Å². The van der Waals surface area contributed by atoms with Gasteiger partial charge in [0.2, 0.25) is 0 Å². The summed E-state index contributed by atoms with van der Waals surface area (Å²) >= 11 is 0. The molecule has 22 aromatic carbocycles. The van der Waals surface area contributed by atoms with E-state index in [1.165, 1.54) is 98.1 Å². The number of hydrogen-bond acceptors (Lipinski definition) is 4. The van der Waals surface area contributed by atoms with Crippen molar-refractivity contribution in [2.24, 2.45) is 0 Å². The maximum Gasteiger partial charge on any atom is 0.160 e. The monoisotopic (exact) mass is 1810 g/mol. The van der Waals surface area contributed by atoms with Crippen LogP contribution in [0, 0.1) is 0 Å². The Morgan fingerprint density at radius 1 is 0.120 bits per heavy atom. The lowest BCUT2D eigenvalue weighted by Gasteiger charge is -2.18. The molecule has 0 aliphatic heterocycles. The number of rotatable bonds is 9. The highest BCUT2D eigenvalue weighted by Gasteiger charge is 2.29. The molecule has 10 heteroatoms. The minimum absolute atomic E-state index is 0.899. The van der Waals surface area contributed by atoms with Gasteiger partial charge in [-0.05, 0) is 146 Å². The lowest BCUT2D eigenvalue weighted by atomic mass is 10.0. The molecule has 10 aromatic heterocycles. The van der Waals surface area contributed by atoms with Crippen molar-refractivity contribution in [1.82, 2.24) is 27.4 Å². The Labute approximate surface area is 810 Å². The van der Waals surface area contributed by atoms with Crippen molar-refractivity contribution in [2.75, 3.05) is 0 Å². The molecule has 0 saturated carbocycles. The lowest BCUT2D eigenvalue weighted by molar-refractivity contribution is 0.669. The molecule has 662 valence electrons. The lowest BCUT2D eigenvalue weighted by Crippen LogP contribution is -2.01. The zero-order chi connectivity index (χ0) is 92.9. The topological polar surface area (TPSA) is 82.1 Å². The van der Waals surface area contributed by atoms with Gasteiger partial charge in [-0.25, -0.2) is 0 Å². The Kier molecular flexibility index (Phi) is 17.4. The Morgan fingerprint density at radius 2 is 0.345 bits per heavy atom. The van der Waals surface area contributed by atoms with E-state index < -0.39 is 0 Å². The van der Waals surface area contributed by atoms with Crippen LogP contribution in [0.5, 0.6) is 0 Å². The molecule has 0 unspecified atom stereocenters. The molecule has 0 aliphatic carbocycles. The van der Waals surface area contributed by atoms with Gasteiger partial charge in [0.05, 0.1) is 111 Å². The van der Waals surface area contributed by atoms with E-state index in [1.807, 2.05) is 30.3 Å². The van der Waals surface area contributed by atoms with Gasteiger partial charge in [0.15, 0.2) is 5.58 Å². The fourth-order valence-corrected chi connectivity index (χ4v) is 23.7. The summed E-state index contributed by atoms with van der Waals surface area (Å²) in [5, 5.41) is 23.6. The summed E-state index contributed by atoms with van der Waals surface area (Å²) in [6.45, 7) is 0. The fourth-order valence-electron chi connectivity index (χ4n) is 23.7. The highest BCUT2D eigenvalue weighted by molar-refractivity contribution is 6.28. The average Bonchev–Trinajstić information content (AvgIpc) is 1.31. The molecule has 32 aromatic rings. The van der Waals surface area contributed by atoms with E-state index in [9.17, 15) is 0 Å². The van der Waals surface area contributed by atoms with Crippen LogP contribution in [0.2, 0.25) is 0 Å². The van der Waals surface area contributed by atoms with Gasteiger partial charge in [0.1, 0.15) is 39.1 Å². The number of fused-ring (bicyclic) bond motifs is 33. The molecule has 0 N–H and O–H groups in total. The largest absolute Gasteiger partial charge is 0.456 e. The summed E-state index contributed by atoms with van der Waals surface area (Å²) in [6.07, 6.45) is 0. The van der Waals surface area contributed by atoms with E-state index in [2.05, 4.69) is 482 Å². The SMILES string of the molecule is c1ccc(-n2c3ccccc3c3c4oc5ccccc5c4ccc32)c(-c2ccccc2-n2c3ccccc3c3c4oc5ccccc5c4ccc32)c1.c1ccc(-n2c3ccccc3c3ccccc32)c(-c2ccccc2-n2c3ccccc3c3cc4c(cc32)oc2ccccc24)c1.c1ccc(-n2c3ccccc3c3ccccc32)c(-c2ccccc2-n2c3ccccc3c3ccc4c5ccccc5oc4c32)c1. The van der Waals surface area contributed by atoms with Crippen LogP contribution in [0.3, 0.4) is 0 Å². The first kappa shape index (κ1) is 79.1. The summed E-state index contributed by atoms with van der Waals surface area (Å²) < 4.78 is 40.8. The highest BCUT2D eigenvalue weighted by atomic mass is 16.3. The molecule has 0 spiro atoms. The van der Waals surface area contributed by atoms with Crippen molar-refractivity contribution in [3.63, 3.8) is 0 Å². The van der Waals surface area contributed by atoms with Gasteiger partial charge >= 0.3 is 0 Å². The molecule has 0 aliphatic rings. The van der Waals surface area contributed by atoms with Gasteiger partial charge in [0.25, 0.3) is 0 Å². The highest BCUT2D eigenvalue weighted by Crippen LogP contribution is 2.51. The smallest absolute Gasteiger partial charge is 0.160 e. The molecule has 0 atom stereocenters. The number of hydrogen-bond donors (Lipinski definition) is 0. The van der Waals surface area contributed by atoms with Crippen LogP contribution in [0.15, 0.2) is 503 Å². The second kappa shape index (κ2) is 31.2. The van der Waals surface area contributed by atoms with Crippen molar-refractivity contribution >= 4 is 219 Å². The van der Waals surface area contributed by atoms with Crippen molar-refractivity contribution in [3.8, 4) is 67.5 Å². The summed E-state index contributed by atoms with van der Waals surface area (Å²) in [5.74, 6) is 0. The first-order valence-electron chi connectivity index (χ1n) is 48.4. The third-order valence-electron chi connectivity index (χ3n) is 29.6. The molecule has 0 saturated heterocycles. The Morgan fingerprint density at radius 3 is 0.704 bits per heavy atom. The van der Waals surface area contributed by atoms with Crippen molar-refractivity contribution in [3.05, 3.63) is 485 Å². The molecular weight excluding hydrogens is 1730 g/mol. The van der Waals surface area contributed by atoms with Gasteiger partial charge in [-0.15, -0.1) is 0 Å². The first-order chi connectivity index (χ1) is 70.5. The van der Waals surface area contributed by atoms with Crippen LogP contribution in [-0.4, -0.2) is 27.4 Å². The molecule has 32 rings (SSSR count). The number of nitrogens with zero attached hydrogens (tertiary/aromatic N) is 6. The minimum Gasteiger partial charge on any atom is -0.456 e. The molecule has 0 fully saturated rings. The molecule has 0 amide bonds. The van der Waals surface area contributed by atoms with E-state index in [-0.39, 0.29) is 0 Å². The first-order valence-corrected chi connectivity index (χ1v) is 48.4. The van der Waals surface area contributed by atoms with Crippen LogP contribution in [0.1, 0.15) is 0 Å². The predicted octanol–water partition coefficient (Wildman–Crippen LogP) is 36.2. The van der Waals surface area contributed by atoms with Crippen LogP contribution >= 0.6 is 0 Å².